The van der Waals surface area contributed by atoms with Crippen molar-refractivity contribution in [3.05, 3.63) is 102 Å². The molecule has 0 aliphatic carbocycles. The molecule has 0 bridgehead atoms. The van der Waals surface area contributed by atoms with Gasteiger partial charge < -0.3 is 15.0 Å². The van der Waals surface area contributed by atoms with Gasteiger partial charge in [0.2, 0.25) is 11.8 Å². The quantitative estimate of drug-likeness (QED) is 0.573. The molecule has 4 aromatic rings. The Labute approximate surface area is 173 Å². The van der Waals surface area contributed by atoms with Crippen molar-refractivity contribution in [2.45, 2.75) is 12.8 Å². The van der Waals surface area contributed by atoms with Gasteiger partial charge in [0.25, 0.3) is 0 Å². The molecule has 1 atom stereocenters. The minimum absolute atomic E-state index is 0.103. The van der Waals surface area contributed by atoms with Gasteiger partial charge in [-0.05, 0) is 36.8 Å². The molecule has 7 nitrogen and oxygen atoms in total. The fourth-order valence-electron chi connectivity index (χ4n) is 3.84. The maximum absolute atomic E-state index is 9.83. The van der Waals surface area contributed by atoms with Gasteiger partial charge in [0.15, 0.2) is 0 Å². The van der Waals surface area contributed by atoms with Gasteiger partial charge in [-0.25, -0.2) is 9.67 Å². The molecule has 0 amide bonds. The van der Waals surface area contributed by atoms with E-state index in [0.717, 1.165) is 28.2 Å². The molecule has 146 valence electrons. The van der Waals surface area contributed by atoms with Crippen molar-refractivity contribution in [2.75, 3.05) is 0 Å². The standard InChI is InChI=1S/C23H18N6O/c1-15-20-21(16-7-9-17(10-8-16)28-12-11-26-14-28)19(13-24)22(25)30-23(20)29(27-15)18-5-3-2-4-6-18/h2-12,14,21H,25H2,1H3. The van der Waals surface area contributed by atoms with Crippen LogP contribution >= 0.6 is 0 Å². The van der Waals surface area contributed by atoms with Crippen LogP contribution < -0.4 is 10.5 Å². The smallest absolute Gasteiger partial charge is 0.229 e. The molecule has 0 spiro atoms. The number of para-hydroxylation sites is 1. The first-order valence-electron chi connectivity index (χ1n) is 9.48. The number of hydrogen-bond acceptors (Lipinski definition) is 5. The van der Waals surface area contributed by atoms with Crippen LogP contribution in [0.4, 0.5) is 0 Å². The third-order valence-corrected chi connectivity index (χ3v) is 5.26. The zero-order chi connectivity index (χ0) is 20.7. The second-order valence-electron chi connectivity index (χ2n) is 7.04. The number of aromatic nitrogens is 4. The van der Waals surface area contributed by atoms with Gasteiger partial charge in [-0.1, -0.05) is 30.3 Å². The van der Waals surface area contributed by atoms with Crippen LogP contribution in [-0.4, -0.2) is 19.3 Å². The highest BCUT2D eigenvalue weighted by Gasteiger charge is 2.36. The molecular formula is C23H18N6O. The summed E-state index contributed by atoms with van der Waals surface area (Å²) in [6.07, 6.45) is 5.36. The van der Waals surface area contributed by atoms with Crippen LogP contribution in [0.5, 0.6) is 5.88 Å². The third-order valence-electron chi connectivity index (χ3n) is 5.26. The van der Waals surface area contributed by atoms with E-state index in [1.807, 2.05) is 72.3 Å². The lowest BCUT2D eigenvalue weighted by Crippen LogP contribution is -2.22. The highest BCUT2D eigenvalue weighted by molar-refractivity contribution is 5.57. The fourth-order valence-corrected chi connectivity index (χ4v) is 3.84. The Morgan fingerprint density at radius 2 is 1.83 bits per heavy atom. The Kier molecular flexibility index (Phi) is 4.11. The highest BCUT2D eigenvalue weighted by Crippen LogP contribution is 2.44. The Balaban J connectivity index is 1.66. The molecule has 5 rings (SSSR count). The Morgan fingerprint density at radius 1 is 1.07 bits per heavy atom. The van der Waals surface area contributed by atoms with Crippen LogP contribution in [0.3, 0.4) is 0 Å². The summed E-state index contributed by atoms with van der Waals surface area (Å²) in [5, 5.41) is 14.5. The Bertz CT molecular complexity index is 1280. The summed E-state index contributed by atoms with van der Waals surface area (Å²) in [7, 11) is 0. The first kappa shape index (κ1) is 17.8. The normalized spacial score (nSPS) is 15.4. The molecule has 2 aromatic carbocycles. The number of allylic oxidation sites excluding steroid dienone is 1. The van der Waals surface area contributed by atoms with Crippen molar-refractivity contribution in [1.82, 2.24) is 19.3 Å². The summed E-state index contributed by atoms with van der Waals surface area (Å²) < 4.78 is 9.56. The Morgan fingerprint density at radius 3 is 2.50 bits per heavy atom. The molecule has 0 radical (unpaired) electrons. The SMILES string of the molecule is Cc1nn(-c2ccccc2)c2c1C(c1ccc(-n3ccnc3)cc1)C(C#N)=C(N)O2. The van der Waals surface area contributed by atoms with Gasteiger partial charge in [0.05, 0.1) is 29.2 Å². The number of ether oxygens (including phenoxy) is 1. The van der Waals surface area contributed by atoms with E-state index in [4.69, 9.17) is 10.5 Å². The van der Waals surface area contributed by atoms with Crippen molar-refractivity contribution < 1.29 is 4.74 Å². The molecule has 2 N–H and O–H groups in total. The minimum Gasteiger partial charge on any atom is -0.422 e. The summed E-state index contributed by atoms with van der Waals surface area (Å²) in [4.78, 5) is 4.09. The Hall–Kier alpha value is -4.31. The van der Waals surface area contributed by atoms with E-state index in [-0.39, 0.29) is 11.8 Å². The minimum atomic E-state index is -0.354. The number of nitrogens with two attached hydrogens (primary N) is 1. The average Bonchev–Trinajstić information content (AvgIpc) is 3.42. The van der Waals surface area contributed by atoms with Crippen molar-refractivity contribution in [3.8, 4) is 23.3 Å². The molecule has 1 aliphatic heterocycles. The van der Waals surface area contributed by atoms with Crippen LogP contribution in [0.15, 0.2) is 84.8 Å². The van der Waals surface area contributed by atoms with E-state index in [1.165, 1.54) is 0 Å². The van der Waals surface area contributed by atoms with E-state index >= 15 is 0 Å². The van der Waals surface area contributed by atoms with E-state index in [2.05, 4.69) is 16.2 Å². The van der Waals surface area contributed by atoms with Crippen LogP contribution in [0.1, 0.15) is 22.7 Å². The summed E-state index contributed by atoms with van der Waals surface area (Å²) in [6.45, 7) is 1.92. The second kappa shape index (κ2) is 6.94. The number of nitrogens with zero attached hydrogens (tertiary/aromatic N) is 5. The summed E-state index contributed by atoms with van der Waals surface area (Å²) in [5.41, 5.74) is 11.0. The van der Waals surface area contributed by atoms with Crippen molar-refractivity contribution in [2.24, 2.45) is 5.73 Å². The summed E-state index contributed by atoms with van der Waals surface area (Å²) in [5.74, 6) is 0.290. The molecule has 7 heteroatoms. The first-order chi connectivity index (χ1) is 14.7. The zero-order valence-electron chi connectivity index (χ0n) is 16.2. The lowest BCUT2D eigenvalue weighted by Gasteiger charge is -2.25. The van der Waals surface area contributed by atoms with Gasteiger partial charge in [0.1, 0.15) is 11.6 Å². The van der Waals surface area contributed by atoms with E-state index in [1.54, 1.807) is 17.2 Å². The van der Waals surface area contributed by atoms with Gasteiger partial charge >= 0.3 is 0 Å². The topological polar surface area (TPSA) is 94.7 Å². The van der Waals surface area contributed by atoms with E-state index in [0.29, 0.717) is 11.5 Å². The second-order valence-corrected chi connectivity index (χ2v) is 7.04. The van der Waals surface area contributed by atoms with E-state index in [9.17, 15) is 5.26 Å². The number of hydrogen-bond donors (Lipinski definition) is 1. The van der Waals surface area contributed by atoms with Crippen LogP contribution in [0.2, 0.25) is 0 Å². The molecule has 2 aromatic heterocycles. The number of benzene rings is 2. The number of aryl methyl sites for hydroxylation is 1. The molecule has 1 aliphatic rings. The van der Waals surface area contributed by atoms with Crippen molar-refractivity contribution in [1.29, 1.82) is 5.26 Å². The lowest BCUT2D eigenvalue weighted by molar-refractivity contribution is 0.367. The van der Waals surface area contributed by atoms with Crippen molar-refractivity contribution >= 4 is 0 Å². The predicted octanol–water partition coefficient (Wildman–Crippen LogP) is 3.58. The van der Waals surface area contributed by atoms with Crippen LogP contribution in [-0.2, 0) is 0 Å². The maximum Gasteiger partial charge on any atom is 0.229 e. The largest absolute Gasteiger partial charge is 0.422 e. The number of rotatable bonds is 3. The van der Waals surface area contributed by atoms with Gasteiger partial charge in [-0.15, -0.1) is 0 Å². The molecular weight excluding hydrogens is 376 g/mol. The molecule has 0 fully saturated rings. The summed E-state index contributed by atoms with van der Waals surface area (Å²) in [6, 6.07) is 19.9. The third kappa shape index (κ3) is 2.74. The highest BCUT2D eigenvalue weighted by atomic mass is 16.5. The monoisotopic (exact) mass is 394 g/mol. The van der Waals surface area contributed by atoms with Gasteiger partial charge in [-0.3, -0.25) is 0 Å². The summed E-state index contributed by atoms with van der Waals surface area (Å²) >= 11 is 0. The molecule has 3 heterocycles. The maximum atomic E-state index is 9.83. The predicted molar refractivity (Wildman–Crippen MR) is 111 cm³/mol. The molecule has 0 saturated heterocycles. The number of fused-ring (bicyclic) bond motifs is 1. The number of nitriles is 1. The van der Waals surface area contributed by atoms with Crippen LogP contribution in [0, 0.1) is 18.3 Å². The van der Waals surface area contributed by atoms with Crippen LogP contribution in [0.25, 0.3) is 11.4 Å². The lowest BCUT2D eigenvalue weighted by atomic mass is 9.84. The zero-order valence-corrected chi connectivity index (χ0v) is 16.2. The van der Waals surface area contributed by atoms with Crippen molar-refractivity contribution in [3.63, 3.8) is 0 Å². The molecule has 1 unspecified atom stereocenters. The number of imidazole rings is 1. The molecule has 30 heavy (non-hydrogen) atoms. The van der Waals surface area contributed by atoms with Gasteiger partial charge in [-0.2, -0.15) is 10.4 Å². The molecule has 0 saturated carbocycles. The van der Waals surface area contributed by atoms with Gasteiger partial charge in [0, 0.05) is 18.1 Å². The average molecular weight is 394 g/mol. The fraction of sp³-hybridized carbons (Fsp3) is 0.0870. The van der Waals surface area contributed by atoms with E-state index < -0.39 is 0 Å². The first-order valence-corrected chi connectivity index (χ1v) is 9.48.